The summed E-state index contributed by atoms with van der Waals surface area (Å²) in [5.41, 5.74) is 2.69. The van der Waals surface area contributed by atoms with E-state index in [2.05, 4.69) is 41.8 Å². The van der Waals surface area contributed by atoms with Crippen LogP contribution in [-0.4, -0.2) is 32.1 Å². The van der Waals surface area contributed by atoms with E-state index in [4.69, 9.17) is 0 Å². The van der Waals surface area contributed by atoms with Gasteiger partial charge in [-0.1, -0.05) is 0 Å². The number of nitrogens with zero attached hydrogens (tertiary/aromatic N) is 4. The Labute approximate surface area is 116 Å². The molecule has 0 aromatic carbocycles. The summed E-state index contributed by atoms with van der Waals surface area (Å²) >= 11 is 3.15. The summed E-state index contributed by atoms with van der Waals surface area (Å²) in [6.07, 6.45) is 3.97. The molecule has 0 spiro atoms. The van der Waals surface area contributed by atoms with Crippen LogP contribution in [0.3, 0.4) is 0 Å². The number of aryl methyl sites for hydroxylation is 1. The molecule has 0 saturated carbocycles. The molecule has 1 amide bonds. The first-order chi connectivity index (χ1) is 9.13. The standard InChI is InChI=1S/C10H10BrFN6O/c1-2-18-9(12)6(4-15-18)3-13-17-10(19)8-7(11)5-14-16-8/h3-5H,2H2,1H3,(H,14,16)(H,17,19)/b13-3+. The third-order valence-electron chi connectivity index (χ3n) is 2.29. The van der Waals surface area contributed by atoms with Crippen molar-refractivity contribution in [3.8, 4) is 0 Å². The van der Waals surface area contributed by atoms with Crippen LogP contribution in [0.25, 0.3) is 0 Å². The fourth-order valence-electron chi connectivity index (χ4n) is 1.34. The third-order valence-corrected chi connectivity index (χ3v) is 2.89. The van der Waals surface area contributed by atoms with Crippen LogP contribution in [0.1, 0.15) is 23.0 Å². The summed E-state index contributed by atoms with van der Waals surface area (Å²) in [6, 6.07) is 0. The van der Waals surface area contributed by atoms with Crippen molar-refractivity contribution in [2.75, 3.05) is 0 Å². The number of hydrazone groups is 1. The van der Waals surface area contributed by atoms with E-state index in [0.717, 1.165) is 0 Å². The first-order valence-corrected chi connectivity index (χ1v) is 6.16. The van der Waals surface area contributed by atoms with Crippen molar-refractivity contribution in [3.63, 3.8) is 0 Å². The number of aromatic amines is 1. The summed E-state index contributed by atoms with van der Waals surface area (Å²) in [6.45, 7) is 2.20. The number of amides is 1. The SMILES string of the molecule is CCn1ncc(/C=N/NC(=O)c2[nH]ncc2Br)c1F. The van der Waals surface area contributed by atoms with Crippen molar-refractivity contribution in [2.24, 2.45) is 5.10 Å². The summed E-state index contributed by atoms with van der Waals surface area (Å²) in [5, 5.41) is 13.7. The quantitative estimate of drug-likeness (QED) is 0.654. The van der Waals surface area contributed by atoms with Gasteiger partial charge in [-0.25, -0.2) is 10.1 Å². The van der Waals surface area contributed by atoms with Crippen molar-refractivity contribution in [3.05, 3.63) is 34.1 Å². The molecule has 2 aromatic rings. The molecular weight excluding hydrogens is 319 g/mol. The average molecular weight is 329 g/mol. The molecular formula is C10H10BrFN6O. The van der Waals surface area contributed by atoms with E-state index in [1.165, 1.54) is 23.3 Å². The molecule has 2 aromatic heterocycles. The Bertz CT molecular complexity index is 619. The van der Waals surface area contributed by atoms with Gasteiger partial charge in [0.1, 0.15) is 5.69 Å². The molecule has 2 N–H and O–H groups in total. The molecule has 0 atom stereocenters. The van der Waals surface area contributed by atoms with Gasteiger partial charge in [0.25, 0.3) is 5.91 Å². The molecule has 19 heavy (non-hydrogen) atoms. The van der Waals surface area contributed by atoms with Crippen molar-refractivity contribution < 1.29 is 9.18 Å². The van der Waals surface area contributed by atoms with Crippen LogP contribution in [0, 0.1) is 5.95 Å². The maximum Gasteiger partial charge on any atom is 0.290 e. The number of carbonyl (C=O) groups excluding carboxylic acids is 1. The lowest BCUT2D eigenvalue weighted by Gasteiger charge is -1.96. The molecule has 2 rings (SSSR count). The Morgan fingerprint density at radius 2 is 2.47 bits per heavy atom. The molecule has 9 heteroatoms. The number of rotatable bonds is 4. The number of hydrogen-bond donors (Lipinski definition) is 2. The predicted octanol–water partition coefficient (Wildman–Crippen LogP) is 1.29. The number of carbonyl (C=O) groups is 1. The normalized spacial score (nSPS) is 11.1. The van der Waals surface area contributed by atoms with Gasteiger partial charge in [-0.15, -0.1) is 0 Å². The summed E-state index contributed by atoms with van der Waals surface area (Å²) in [5.74, 6) is -0.980. The van der Waals surface area contributed by atoms with Crippen molar-refractivity contribution >= 4 is 28.1 Å². The number of halogens is 2. The second-order valence-corrected chi connectivity index (χ2v) is 4.35. The van der Waals surface area contributed by atoms with Crippen molar-refractivity contribution in [1.82, 2.24) is 25.4 Å². The molecule has 0 bridgehead atoms. The summed E-state index contributed by atoms with van der Waals surface area (Å²) < 4.78 is 15.3. The fraction of sp³-hybridized carbons (Fsp3) is 0.200. The van der Waals surface area contributed by atoms with Gasteiger partial charge in [-0.2, -0.15) is 19.7 Å². The van der Waals surface area contributed by atoms with Crippen molar-refractivity contribution in [1.29, 1.82) is 0 Å². The highest BCUT2D eigenvalue weighted by molar-refractivity contribution is 9.10. The van der Waals surface area contributed by atoms with Gasteiger partial charge >= 0.3 is 0 Å². The highest BCUT2D eigenvalue weighted by Gasteiger charge is 2.11. The van der Waals surface area contributed by atoms with E-state index in [1.807, 2.05) is 0 Å². The van der Waals surface area contributed by atoms with Crippen LogP contribution in [-0.2, 0) is 6.54 Å². The van der Waals surface area contributed by atoms with Crippen LogP contribution in [0.5, 0.6) is 0 Å². The van der Waals surface area contributed by atoms with E-state index in [1.54, 1.807) is 6.92 Å². The Hall–Kier alpha value is -2.03. The molecule has 0 saturated heterocycles. The molecule has 0 aliphatic carbocycles. The van der Waals surface area contributed by atoms with Gasteiger partial charge in [-0.05, 0) is 22.9 Å². The van der Waals surface area contributed by atoms with Crippen LogP contribution in [0.2, 0.25) is 0 Å². The molecule has 0 aliphatic rings. The minimum absolute atomic E-state index is 0.200. The minimum atomic E-state index is -0.497. The highest BCUT2D eigenvalue weighted by Crippen LogP contribution is 2.11. The number of aromatic nitrogens is 4. The zero-order valence-corrected chi connectivity index (χ0v) is 11.5. The predicted molar refractivity (Wildman–Crippen MR) is 69.2 cm³/mol. The largest absolute Gasteiger partial charge is 0.290 e. The second-order valence-electron chi connectivity index (χ2n) is 3.50. The third kappa shape index (κ3) is 2.87. The minimum Gasteiger partial charge on any atom is -0.272 e. The smallest absolute Gasteiger partial charge is 0.272 e. The lowest BCUT2D eigenvalue weighted by atomic mass is 10.4. The van der Waals surface area contributed by atoms with Crippen LogP contribution < -0.4 is 5.43 Å². The topological polar surface area (TPSA) is 88.0 Å². The zero-order chi connectivity index (χ0) is 13.8. The second kappa shape index (κ2) is 5.74. The molecule has 7 nitrogen and oxygen atoms in total. The van der Waals surface area contributed by atoms with E-state index < -0.39 is 11.9 Å². The Morgan fingerprint density at radius 1 is 1.68 bits per heavy atom. The first kappa shape index (κ1) is 13.4. The molecule has 0 unspecified atom stereocenters. The Balaban J connectivity index is 2.02. The van der Waals surface area contributed by atoms with Gasteiger partial charge in [0.05, 0.1) is 28.6 Å². The monoisotopic (exact) mass is 328 g/mol. The van der Waals surface area contributed by atoms with Crippen LogP contribution in [0.4, 0.5) is 4.39 Å². The molecule has 0 aliphatic heterocycles. The van der Waals surface area contributed by atoms with Crippen molar-refractivity contribution in [2.45, 2.75) is 13.5 Å². The maximum absolute atomic E-state index is 13.6. The van der Waals surface area contributed by atoms with E-state index in [-0.39, 0.29) is 11.3 Å². The van der Waals surface area contributed by atoms with Gasteiger partial charge < -0.3 is 0 Å². The van der Waals surface area contributed by atoms with E-state index in [0.29, 0.717) is 11.0 Å². The average Bonchev–Trinajstić information content (AvgIpc) is 2.96. The zero-order valence-electron chi connectivity index (χ0n) is 9.89. The molecule has 2 heterocycles. The molecule has 0 radical (unpaired) electrons. The Morgan fingerprint density at radius 3 is 3.05 bits per heavy atom. The maximum atomic E-state index is 13.6. The Kier molecular flexibility index (Phi) is 4.05. The first-order valence-electron chi connectivity index (χ1n) is 5.37. The lowest BCUT2D eigenvalue weighted by molar-refractivity contribution is 0.0949. The van der Waals surface area contributed by atoms with Gasteiger partial charge in [-0.3, -0.25) is 9.89 Å². The molecule has 100 valence electrons. The van der Waals surface area contributed by atoms with Crippen LogP contribution in [0.15, 0.2) is 22.0 Å². The van der Waals surface area contributed by atoms with Crippen LogP contribution >= 0.6 is 15.9 Å². The fourth-order valence-corrected chi connectivity index (χ4v) is 1.71. The van der Waals surface area contributed by atoms with Gasteiger partial charge in [0.15, 0.2) is 0 Å². The summed E-state index contributed by atoms with van der Waals surface area (Å²) in [4.78, 5) is 11.6. The molecule has 0 fully saturated rings. The lowest BCUT2D eigenvalue weighted by Crippen LogP contribution is -2.18. The van der Waals surface area contributed by atoms with Gasteiger partial charge in [0.2, 0.25) is 5.95 Å². The van der Waals surface area contributed by atoms with E-state index >= 15 is 0 Å². The highest BCUT2D eigenvalue weighted by atomic mass is 79.9. The van der Waals surface area contributed by atoms with E-state index in [9.17, 15) is 9.18 Å². The summed E-state index contributed by atoms with van der Waals surface area (Å²) in [7, 11) is 0. The van der Waals surface area contributed by atoms with Gasteiger partial charge in [0, 0.05) is 6.54 Å². The number of nitrogens with one attached hydrogen (secondary N) is 2. The number of H-pyrrole nitrogens is 1. The number of hydrogen-bond acceptors (Lipinski definition) is 4.